The number of pyridine rings is 1. The molecule has 0 spiro atoms. The molecular formula is C18H20N6O2. The maximum Gasteiger partial charge on any atom is 0.272 e. The van der Waals surface area contributed by atoms with E-state index >= 15 is 0 Å². The zero-order valence-corrected chi connectivity index (χ0v) is 14.6. The Morgan fingerprint density at radius 2 is 1.92 bits per heavy atom. The first-order valence-corrected chi connectivity index (χ1v) is 8.11. The van der Waals surface area contributed by atoms with Crippen LogP contribution in [-0.4, -0.2) is 42.6 Å². The summed E-state index contributed by atoms with van der Waals surface area (Å²) in [7, 11) is 3.77. The van der Waals surface area contributed by atoms with Gasteiger partial charge in [0.2, 0.25) is 5.91 Å². The molecule has 0 unspecified atom stereocenters. The van der Waals surface area contributed by atoms with E-state index < -0.39 is 11.9 Å². The van der Waals surface area contributed by atoms with Crippen LogP contribution in [0.25, 0.3) is 0 Å². The number of nitrogens with zero attached hydrogens (tertiary/aromatic N) is 4. The van der Waals surface area contributed by atoms with Crippen LogP contribution in [-0.2, 0) is 9.59 Å². The molecule has 0 aliphatic carbocycles. The minimum Gasteiger partial charge on any atom is -0.368 e. The topological polar surface area (TPSA) is 104 Å². The summed E-state index contributed by atoms with van der Waals surface area (Å²) < 4.78 is 0. The number of para-hydroxylation sites is 1. The van der Waals surface area contributed by atoms with E-state index in [2.05, 4.69) is 15.4 Å². The van der Waals surface area contributed by atoms with E-state index in [1.807, 2.05) is 49.3 Å². The first-order chi connectivity index (χ1) is 12.5. The Morgan fingerprint density at radius 3 is 2.50 bits per heavy atom. The molecule has 3 N–H and O–H groups in total. The van der Waals surface area contributed by atoms with Crippen LogP contribution < -0.4 is 21.0 Å². The smallest absolute Gasteiger partial charge is 0.272 e. The average Bonchev–Trinajstić information content (AvgIpc) is 3.09. The second-order valence-corrected chi connectivity index (χ2v) is 6.10. The average molecular weight is 352 g/mol. The van der Waals surface area contributed by atoms with E-state index in [-0.39, 0.29) is 18.0 Å². The zero-order chi connectivity index (χ0) is 18.7. The molecule has 3 rings (SSSR count). The molecule has 134 valence electrons. The van der Waals surface area contributed by atoms with Crippen molar-refractivity contribution in [2.24, 2.45) is 10.8 Å². The number of hydrazone groups is 1. The lowest BCUT2D eigenvalue weighted by Gasteiger charge is -2.20. The van der Waals surface area contributed by atoms with Gasteiger partial charge >= 0.3 is 0 Å². The molecule has 1 aromatic carbocycles. The van der Waals surface area contributed by atoms with Gasteiger partial charge in [-0.3, -0.25) is 14.6 Å². The molecule has 1 aliphatic rings. The van der Waals surface area contributed by atoms with Gasteiger partial charge in [0.15, 0.2) is 0 Å². The van der Waals surface area contributed by atoms with Crippen LogP contribution in [0.3, 0.4) is 0 Å². The summed E-state index contributed by atoms with van der Waals surface area (Å²) in [5.74, 6) is -0.128. The second-order valence-electron chi connectivity index (χ2n) is 6.10. The van der Waals surface area contributed by atoms with Crippen molar-refractivity contribution in [2.45, 2.75) is 12.5 Å². The Labute approximate surface area is 151 Å². The number of hydrogen-bond donors (Lipinski definition) is 2. The van der Waals surface area contributed by atoms with Crippen molar-refractivity contribution in [2.75, 3.05) is 29.3 Å². The molecule has 2 heterocycles. The molecular weight excluding hydrogens is 332 g/mol. The minimum atomic E-state index is -0.688. The number of primary amides is 1. The van der Waals surface area contributed by atoms with Crippen LogP contribution in [0.1, 0.15) is 6.42 Å². The van der Waals surface area contributed by atoms with Crippen molar-refractivity contribution >= 4 is 34.7 Å². The number of nitrogens with two attached hydrogens (primary N) is 1. The maximum atomic E-state index is 12.5. The Hall–Kier alpha value is -3.42. The van der Waals surface area contributed by atoms with E-state index in [4.69, 9.17) is 5.73 Å². The van der Waals surface area contributed by atoms with Gasteiger partial charge in [-0.05, 0) is 24.3 Å². The van der Waals surface area contributed by atoms with E-state index in [1.165, 1.54) is 5.01 Å². The minimum absolute atomic E-state index is 0.152. The van der Waals surface area contributed by atoms with Crippen molar-refractivity contribution in [1.82, 2.24) is 4.98 Å². The standard InChI is InChI=1S/C18H20N6O2/c1-23(2)16-9-8-12(11-20-16)21-18(26)14-10-15(17(19)25)24(22-14)13-6-4-3-5-7-13/h3-9,11,15H,10H2,1-2H3,(H2,19,25)(H,21,26)/t15-/m1/s1. The Kier molecular flexibility index (Phi) is 4.83. The highest BCUT2D eigenvalue weighted by molar-refractivity contribution is 6.44. The van der Waals surface area contributed by atoms with Gasteiger partial charge < -0.3 is 16.0 Å². The Balaban J connectivity index is 1.77. The lowest BCUT2D eigenvalue weighted by molar-refractivity contribution is -0.119. The quantitative estimate of drug-likeness (QED) is 0.842. The number of hydrogen-bond acceptors (Lipinski definition) is 6. The van der Waals surface area contributed by atoms with Crippen LogP contribution in [0.5, 0.6) is 0 Å². The highest BCUT2D eigenvalue weighted by atomic mass is 16.2. The SMILES string of the molecule is CN(C)c1ccc(NC(=O)C2=NN(c3ccccc3)[C@@H](C(N)=O)C2)cn1. The number of carbonyl (C=O) groups excluding carboxylic acids is 2. The Bertz CT molecular complexity index is 833. The predicted molar refractivity (Wildman–Crippen MR) is 101 cm³/mol. The summed E-state index contributed by atoms with van der Waals surface area (Å²) in [6.07, 6.45) is 1.72. The lowest BCUT2D eigenvalue weighted by atomic mass is 10.1. The molecule has 1 atom stereocenters. The third-order valence-electron chi connectivity index (χ3n) is 3.99. The third-order valence-corrected chi connectivity index (χ3v) is 3.99. The fourth-order valence-electron chi connectivity index (χ4n) is 2.62. The van der Waals surface area contributed by atoms with Crippen LogP contribution in [0.15, 0.2) is 53.8 Å². The third kappa shape index (κ3) is 3.64. The van der Waals surface area contributed by atoms with Crippen molar-refractivity contribution in [3.05, 3.63) is 48.7 Å². The molecule has 0 bridgehead atoms. The largest absolute Gasteiger partial charge is 0.368 e. The predicted octanol–water partition coefficient (Wildman–Crippen LogP) is 1.21. The summed E-state index contributed by atoms with van der Waals surface area (Å²) in [6, 6.07) is 12.0. The molecule has 1 aromatic heterocycles. The molecule has 2 amide bonds. The van der Waals surface area contributed by atoms with Gasteiger partial charge in [0.1, 0.15) is 17.6 Å². The number of benzene rings is 1. The van der Waals surface area contributed by atoms with Gasteiger partial charge in [0, 0.05) is 20.5 Å². The summed E-state index contributed by atoms with van der Waals surface area (Å²) in [4.78, 5) is 30.4. The van der Waals surface area contributed by atoms with E-state index in [0.717, 1.165) is 5.82 Å². The molecule has 0 fully saturated rings. The van der Waals surface area contributed by atoms with Crippen molar-refractivity contribution in [1.29, 1.82) is 0 Å². The fraction of sp³-hybridized carbons (Fsp3) is 0.222. The molecule has 0 saturated heterocycles. The highest BCUT2D eigenvalue weighted by Crippen LogP contribution is 2.24. The monoisotopic (exact) mass is 352 g/mol. The van der Waals surface area contributed by atoms with Gasteiger partial charge in [0.05, 0.1) is 17.6 Å². The number of aromatic nitrogens is 1. The molecule has 26 heavy (non-hydrogen) atoms. The molecule has 2 aromatic rings. The fourth-order valence-corrected chi connectivity index (χ4v) is 2.62. The van der Waals surface area contributed by atoms with Gasteiger partial charge in [-0.1, -0.05) is 18.2 Å². The number of amides is 2. The van der Waals surface area contributed by atoms with Crippen molar-refractivity contribution in [3.63, 3.8) is 0 Å². The van der Waals surface area contributed by atoms with Crippen molar-refractivity contribution < 1.29 is 9.59 Å². The molecule has 8 nitrogen and oxygen atoms in total. The van der Waals surface area contributed by atoms with Crippen LogP contribution in [0, 0.1) is 0 Å². The van der Waals surface area contributed by atoms with E-state index in [1.54, 1.807) is 18.3 Å². The van der Waals surface area contributed by atoms with E-state index in [9.17, 15) is 9.59 Å². The molecule has 1 aliphatic heterocycles. The van der Waals surface area contributed by atoms with Crippen molar-refractivity contribution in [3.8, 4) is 0 Å². The van der Waals surface area contributed by atoms with Gasteiger partial charge in [-0.2, -0.15) is 5.10 Å². The summed E-state index contributed by atoms with van der Waals surface area (Å²) >= 11 is 0. The zero-order valence-electron chi connectivity index (χ0n) is 14.6. The summed E-state index contributed by atoms with van der Waals surface area (Å²) in [6.45, 7) is 0. The summed E-state index contributed by atoms with van der Waals surface area (Å²) in [5, 5.41) is 8.55. The summed E-state index contributed by atoms with van der Waals surface area (Å²) in [5.41, 5.74) is 6.99. The second kappa shape index (κ2) is 7.22. The highest BCUT2D eigenvalue weighted by Gasteiger charge is 2.34. The molecule has 0 saturated carbocycles. The van der Waals surface area contributed by atoms with Crippen LogP contribution in [0.4, 0.5) is 17.2 Å². The number of anilines is 3. The van der Waals surface area contributed by atoms with E-state index in [0.29, 0.717) is 11.4 Å². The van der Waals surface area contributed by atoms with Gasteiger partial charge in [-0.25, -0.2) is 4.98 Å². The molecule has 8 heteroatoms. The van der Waals surface area contributed by atoms with Crippen LogP contribution in [0.2, 0.25) is 0 Å². The normalized spacial score (nSPS) is 16.2. The first-order valence-electron chi connectivity index (χ1n) is 8.11. The first kappa shape index (κ1) is 17.4. The number of carbonyl (C=O) groups is 2. The number of nitrogens with one attached hydrogen (secondary N) is 1. The molecule has 0 radical (unpaired) electrons. The number of rotatable bonds is 5. The van der Waals surface area contributed by atoms with Crippen LogP contribution >= 0.6 is 0 Å². The Morgan fingerprint density at radius 1 is 1.19 bits per heavy atom. The van der Waals surface area contributed by atoms with Gasteiger partial charge in [0.25, 0.3) is 5.91 Å². The lowest BCUT2D eigenvalue weighted by Crippen LogP contribution is -2.39. The maximum absolute atomic E-state index is 12.5. The van der Waals surface area contributed by atoms with Gasteiger partial charge in [-0.15, -0.1) is 0 Å².